The molecule has 1 aliphatic carbocycles. The maximum absolute atomic E-state index is 15.9. The number of aromatic nitrogens is 5. The van der Waals surface area contributed by atoms with E-state index in [-0.39, 0.29) is 72.2 Å². The second kappa shape index (κ2) is 10.9. The van der Waals surface area contributed by atoms with Gasteiger partial charge in [-0.05, 0) is 39.7 Å². The van der Waals surface area contributed by atoms with Gasteiger partial charge in [0.1, 0.15) is 23.0 Å². The summed E-state index contributed by atoms with van der Waals surface area (Å²) in [5.74, 6) is -1.66. The van der Waals surface area contributed by atoms with E-state index in [4.69, 9.17) is 36.8 Å². The van der Waals surface area contributed by atoms with Crippen LogP contribution in [0.1, 0.15) is 49.0 Å². The monoisotopic (exact) mass is 616 g/mol. The number of rotatable bonds is 6. The number of hydrogen-bond donors (Lipinski definition) is 1. The summed E-state index contributed by atoms with van der Waals surface area (Å²) in [6.07, 6.45) is 1.40. The van der Waals surface area contributed by atoms with Crippen molar-refractivity contribution in [2.24, 2.45) is 7.05 Å². The van der Waals surface area contributed by atoms with Gasteiger partial charge in [0.2, 0.25) is 0 Å². The van der Waals surface area contributed by atoms with E-state index in [0.717, 1.165) is 12.8 Å². The molecule has 0 bridgehead atoms. The van der Waals surface area contributed by atoms with E-state index in [0.29, 0.717) is 0 Å². The van der Waals surface area contributed by atoms with Crippen LogP contribution in [0.25, 0.3) is 33.3 Å². The second-order valence-electron chi connectivity index (χ2n) is 10.6. The summed E-state index contributed by atoms with van der Waals surface area (Å²) < 4.78 is 52.9. The standard InChI is InChI=1S/C28H26Cl2FN7O4/c1-28(2,3)42-27(40)37(4)25-22-14(19(10-29)35-36-26(22)39)8-18(34-25)16-12-33-38(5)24(16)21-15(11-32)20(41-13-6-7-13)9-17(30)23(21)31/h8-9,12-13H,6-7,10H2,1-5H3,(H,36,39)/i4D3. The smallest absolute Gasteiger partial charge is 0.415 e. The van der Waals surface area contributed by atoms with Crippen molar-refractivity contribution in [3.8, 4) is 34.3 Å². The van der Waals surface area contributed by atoms with E-state index in [1.807, 2.05) is 6.07 Å². The summed E-state index contributed by atoms with van der Waals surface area (Å²) in [7, 11) is 1.50. The molecule has 1 aromatic carbocycles. The first kappa shape index (κ1) is 25.5. The maximum atomic E-state index is 15.9. The molecule has 1 fully saturated rings. The fraction of sp³-hybridized carbons (Fsp3) is 0.357. The molecule has 1 saturated carbocycles. The van der Waals surface area contributed by atoms with Gasteiger partial charge in [-0.1, -0.05) is 11.6 Å². The first-order chi connectivity index (χ1) is 21.1. The lowest BCUT2D eigenvalue weighted by Crippen LogP contribution is -2.35. The van der Waals surface area contributed by atoms with Crippen LogP contribution in [0.15, 0.2) is 23.1 Å². The molecule has 3 aromatic heterocycles. The van der Waals surface area contributed by atoms with Crippen LogP contribution in [0.3, 0.4) is 0 Å². The molecule has 3 heterocycles. The Morgan fingerprint density at radius 3 is 2.74 bits per heavy atom. The zero-order valence-corrected chi connectivity index (χ0v) is 24.4. The Morgan fingerprint density at radius 1 is 1.38 bits per heavy atom. The maximum Gasteiger partial charge on any atom is 0.415 e. The molecular formula is C28H26Cl2FN7O4. The van der Waals surface area contributed by atoms with Crippen molar-refractivity contribution < 1.29 is 22.8 Å². The van der Waals surface area contributed by atoms with Crippen molar-refractivity contribution in [3.63, 3.8) is 0 Å². The van der Waals surface area contributed by atoms with Crippen LogP contribution in [0.5, 0.6) is 5.75 Å². The van der Waals surface area contributed by atoms with E-state index < -0.39 is 35.9 Å². The van der Waals surface area contributed by atoms with Crippen molar-refractivity contribution in [1.82, 2.24) is 25.0 Å². The van der Waals surface area contributed by atoms with E-state index in [1.54, 1.807) is 20.8 Å². The van der Waals surface area contributed by atoms with Crippen LogP contribution in [0.2, 0.25) is 5.02 Å². The molecule has 11 nitrogen and oxygen atoms in total. The van der Waals surface area contributed by atoms with Gasteiger partial charge in [0.25, 0.3) is 5.56 Å². The number of amides is 1. The number of halogens is 3. The molecule has 1 aliphatic rings. The molecule has 14 heteroatoms. The molecule has 0 saturated heterocycles. The predicted molar refractivity (Wildman–Crippen MR) is 155 cm³/mol. The van der Waals surface area contributed by atoms with Gasteiger partial charge in [0.15, 0.2) is 11.6 Å². The van der Waals surface area contributed by atoms with E-state index in [9.17, 15) is 14.9 Å². The lowest BCUT2D eigenvalue weighted by atomic mass is 9.98. The number of aryl methyl sites for hydroxylation is 1. The number of aromatic amines is 1. The highest BCUT2D eigenvalue weighted by Crippen LogP contribution is 2.43. The van der Waals surface area contributed by atoms with Crippen molar-refractivity contribution in [2.75, 3.05) is 11.9 Å². The molecule has 0 aliphatic heterocycles. The Labute approximate surface area is 254 Å². The molecule has 5 rings (SSSR count). The van der Waals surface area contributed by atoms with Gasteiger partial charge in [-0.15, -0.1) is 11.6 Å². The first-order valence-corrected chi connectivity index (χ1v) is 13.6. The van der Waals surface area contributed by atoms with Crippen LogP contribution < -0.4 is 15.2 Å². The number of pyridine rings is 1. The molecule has 4 aromatic rings. The molecule has 0 unspecified atom stereocenters. The molecule has 218 valence electrons. The zero-order valence-electron chi connectivity index (χ0n) is 25.9. The van der Waals surface area contributed by atoms with Crippen LogP contribution in [-0.4, -0.2) is 49.7 Å². The Bertz CT molecular complexity index is 1950. The highest BCUT2D eigenvalue weighted by atomic mass is 35.5. The minimum atomic E-state index is -3.18. The number of carbonyl (C=O) groups excluding carboxylic acids is 1. The number of carbonyl (C=O) groups is 1. The number of nitriles is 1. The number of H-pyrrole nitrogens is 1. The molecule has 0 spiro atoms. The fourth-order valence-corrected chi connectivity index (χ4v) is 4.73. The van der Waals surface area contributed by atoms with Gasteiger partial charge in [0, 0.05) is 35.2 Å². The quantitative estimate of drug-likeness (QED) is 0.272. The lowest BCUT2D eigenvalue weighted by molar-refractivity contribution is 0.0588. The second-order valence-corrected chi connectivity index (χ2v) is 11.3. The predicted octanol–water partition coefficient (Wildman–Crippen LogP) is 5.70. The number of fused-ring (bicyclic) bond motifs is 1. The Morgan fingerprint density at radius 2 is 2.12 bits per heavy atom. The Balaban J connectivity index is 1.85. The van der Waals surface area contributed by atoms with Crippen molar-refractivity contribution in [2.45, 2.75) is 51.2 Å². The average molecular weight is 617 g/mol. The largest absolute Gasteiger partial charge is 0.489 e. The van der Waals surface area contributed by atoms with Gasteiger partial charge in [-0.25, -0.2) is 19.3 Å². The lowest BCUT2D eigenvalue weighted by Gasteiger charge is -2.25. The number of hydrogen-bond acceptors (Lipinski definition) is 8. The molecular weight excluding hydrogens is 588 g/mol. The van der Waals surface area contributed by atoms with Gasteiger partial charge in [-0.3, -0.25) is 14.4 Å². The van der Waals surface area contributed by atoms with Gasteiger partial charge >= 0.3 is 6.09 Å². The SMILES string of the molecule is [2H]C([2H])([2H])N(C(=O)OC(C)(C)C)c1nc(-c2cnn(C)c2-c2c(F)c(Cl)cc(OC3CC3)c2C#N)cc2c(CCl)n[nH]c(=O)c12. The van der Waals surface area contributed by atoms with E-state index in [2.05, 4.69) is 20.3 Å². The summed E-state index contributed by atoms with van der Waals surface area (Å²) in [6, 6.07) is 4.63. The summed E-state index contributed by atoms with van der Waals surface area (Å²) >= 11 is 12.4. The Kier molecular flexibility index (Phi) is 6.61. The minimum Gasteiger partial charge on any atom is -0.489 e. The molecule has 0 atom stereocenters. The van der Waals surface area contributed by atoms with Gasteiger partial charge in [0.05, 0.1) is 51.2 Å². The number of nitrogens with one attached hydrogen (secondary N) is 1. The van der Waals surface area contributed by atoms with Crippen LogP contribution in [0.4, 0.5) is 15.0 Å². The topological polar surface area (TPSA) is 139 Å². The number of ether oxygens (including phenoxy) is 2. The zero-order chi connectivity index (χ0) is 33.0. The van der Waals surface area contributed by atoms with Crippen LogP contribution in [0, 0.1) is 17.1 Å². The fourth-order valence-electron chi connectivity index (χ4n) is 4.33. The summed E-state index contributed by atoms with van der Waals surface area (Å²) in [6.45, 7) is 1.45. The minimum absolute atomic E-state index is 0.0351. The Hall–Kier alpha value is -4.21. The number of anilines is 1. The van der Waals surface area contributed by atoms with Crippen molar-refractivity contribution in [1.29, 1.82) is 5.26 Å². The third-order valence-corrected chi connectivity index (χ3v) is 6.84. The number of nitrogens with zero attached hydrogens (tertiary/aromatic N) is 6. The van der Waals surface area contributed by atoms with E-state index >= 15 is 4.39 Å². The normalized spacial score (nSPS) is 14.6. The molecule has 0 radical (unpaired) electrons. The third-order valence-electron chi connectivity index (χ3n) is 6.31. The van der Waals surface area contributed by atoms with Crippen LogP contribution in [-0.2, 0) is 17.7 Å². The van der Waals surface area contributed by atoms with Crippen LogP contribution >= 0.6 is 23.2 Å². The number of alkyl halides is 1. The first-order valence-electron chi connectivity index (χ1n) is 14.2. The average Bonchev–Trinajstić information content (AvgIpc) is 3.67. The summed E-state index contributed by atoms with van der Waals surface area (Å²) in [4.78, 5) is 31.3. The highest BCUT2D eigenvalue weighted by Gasteiger charge is 2.31. The van der Waals surface area contributed by atoms with Gasteiger partial charge in [-0.2, -0.15) is 15.5 Å². The third kappa shape index (κ3) is 5.37. The van der Waals surface area contributed by atoms with Crippen molar-refractivity contribution in [3.05, 3.63) is 50.8 Å². The molecule has 42 heavy (non-hydrogen) atoms. The summed E-state index contributed by atoms with van der Waals surface area (Å²) in [5, 5.41) is 20.1. The van der Waals surface area contributed by atoms with Gasteiger partial charge < -0.3 is 9.47 Å². The molecule has 1 amide bonds. The highest BCUT2D eigenvalue weighted by molar-refractivity contribution is 6.31. The van der Waals surface area contributed by atoms with E-state index in [1.165, 1.54) is 30.1 Å². The molecule has 1 N–H and O–H groups in total. The summed E-state index contributed by atoms with van der Waals surface area (Å²) in [5.41, 5.74) is -2.13. The van der Waals surface area contributed by atoms with Crippen molar-refractivity contribution >= 4 is 45.9 Å². The number of benzene rings is 1.